The molecule has 0 atom stereocenters. The second kappa shape index (κ2) is 13.2. The first-order chi connectivity index (χ1) is 16.6. The molecule has 0 aliphatic carbocycles. The van der Waals surface area contributed by atoms with Crippen LogP contribution in [-0.2, 0) is 27.3 Å². The lowest BCUT2D eigenvalue weighted by molar-refractivity contribution is -0.120. The highest BCUT2D eigenvalue weighted by Crippen LogP contribution is 2.28. The van der Waals surface area contributed by atoms with Crippen molar-refractivity contribution < 1.29 is 28.6 Å². The fourth-order valence-electron chi connectivity index (χ4n) is 3.13. The Kier molecular flexibility index (Phi) is 10.4. The molecule has 0 saturated carbocycles. The Morgan fingerprint density at radius 3 is 2.37 bits per heavy atom. The molecule has 0 aliphatic heterocycles. The van der Waals surface area contributed by atoms with Gasteiger partial charge in [0.25, 0.3) is 0 Å². The maximum Gasteiger partial charge on any atom is 0.408 e. The number of benzene rings is 2. The molecule has 0 unspecified atom stereocenters. The summed E-state index contributed by atoms with van der Waals surface area (Å²) < 4.78 is 16.0. The van der Waals surface area contributed by atoms with Gasteiger partial charge >= 0.3 is 6.09 Å². The number of alkyl carbamates (subject to hydrolysis) is 1. The largest absolute Gasteiger partial charge is 0.493 e. The molecule has 9 heteroatoms. The Labute approximate surface area is 206 Å². The molecule has 190 valence electrons. The van der Waals surface area contributed by atoms with Gasteiger partial charge in [-0.05, 0) is 63.4 Å². The lowest BCUT2D eigenvalue weighted by atomic mass is 10.1. The zero-order chi connectivity index (χ0) is 25.8. The monoisotopic (exact) mass is 485 g/mol. The molecule has 0 radical (unpaired) electrons. The summed E-state index contributed by atoms with van der Waals surface area (Å²) in [5.41, 5.74) is 1.67. The number of methoxy groups -OCH3 is 1. The minimum absolute atomic E-state index is 0.150. The quantitative estimate of drug-likeness (QED) is 0.446. The van der Waals surface area contributed by atoms with Gasteiger partial charge in [0.15, 0.2) is 11.5 Å². The number of hydrogen-bond acceptors (Lipinski definition) is 6. The summed E-state index contributed by atoms with van der Waals surface area (Å²) >= 11 is 0. The second-order valence-electron chi connectivity index (χ2n) is 8.76. The van der Waals surface area contributed by atoms with E-state index in [1.807, 2.05) is 43.3 Å². The summed E-state index contributed by atoms with van der Waals surface area (Å²) in [4.78, 5) is 36.4. The van der Waals surface area contributed by atoms with Crippen molar-refractivity contribution in [2.75, 3.05) is 25.6 Å². The van der Waals surface area contributed by atoms with Crippen LogP contribution in [0.4, 0.5) is 10.5 Å². The highest BCUT2D eigenvalue weighted by atomic mass is 16.6. The number of para-hydroxylation sites is 1. The average Bonchev–Trinajstić information content (AvgIpc) is 2.80. The van der Waals surface area contributed by atoms with Gasteiger partial charge in [-0.15, -0.1) is 0 Å². The van der Waals surface area contributed by atoms with Crippen LogP contribution in [0, 0.1) is 0 Å². The Morgan fingerprint density at radius 1 is 0.943 bits per heavy atom. The molecule has 3 N–H and O–H groups in total. The van der Waals surface area contributed by atoms with Crippen LogP contribution in [0.25, 0.3) is 0 Å². The van der Waals surface area contributed by atoms with Crippen molar-refractivity contribution in [3.63, 3.8) is 0 Å². The van der Waals surface area contributed by atoms with E-state index >= 15 is 0 Å². The summed E-state index contributed by atoms with van der Waals surface area (Å²) in [7, 11) is 1.58. The molecule has 0 heterocycles. The van der Waals surface area contributed by atoms with Crippen LogP contribution in [0.15, 0.2) is 42.5 Å². The van der Waals surface area contributed by atoms with Gasteiger partial charge in [0.1, 0.15) is 12.1 Å². The topological polar surface area (TPSA) is 115 Å². The minimum Gasteiger partial charge on any atom is -0.493 e. The van der Waals surface area contributed by atoms with Crippen molar-refractivity contribution in [1.82, 2.24) is 10.6 Å². The first-order valence-corrected chi connectivity index (χ1v) is 11.5. The normalized spacial score (nSPS) is 10.8. The molecule has 0 saturated heterocycles. The summed E-state index contributed by atoms with van der Waals surface area (Å²) in [5.74, 6) is 0.775. The molecule has 0 fully saturated rings. The standard InChI is InChI=1S/C26H35N3O6/c1-6-34-21-13-11-18(15-22(21)33-5)12-14-23(30)29-20-10-8-7-9-19(20)16-27-24(31)17-28-25(32)35-26(2,3)4/h7-11,13,15H,6,12,14,16-17H2,1-5H3,(H,27,31)(H,28,32)(H,29,30). The molecule has 9 nitrogen and oxygen atoms in total. The number of carbonyl (C=O) groups is 3. The highest BCUT2D eigenvalue weighted by molar-refractivity contribution is 5.91. The number of anilines is 1. The third-order valence-corrected chi connectivity index (χ3v) is 4.73. The smallest absolute Gasteiger partial charge is 0.408 e. The van der Waals surface area contributed by atoms with E-state index in [0.717, 1.165) is 11.1 Å². The van der Waals surface area contributed by atoms with Crippen molar-refractivity contribution in [2.45, 2.75) is 52.7 Å². The predicted molar refractivity (Wildman–Crippen MR) is 134 cm³/mol. The molecule has 0 aromatic heterocycles. The Balaban J connectivity index is 1.86. The minimum atomic E-state index is -0.662. The van der Waals surface area contributed by atoms with Gasteiger partial charge in [0.05, 0.1) is 13.7 Å². The van der Waals surface area contributed by atoms with Gasteiger partial charge in [0.2, 0.25) is 11.8 Å². The Bertz CT molecular complexity index is 1020. The van der Waals surface area contributed by atoms with Crippen molar-refractivity contribution >= 4 is 23.6 Å². The van der Waals surface area contributed by atoms with Crippen LogP contribution in [0.2, 0.25) is 0 Å². The van der Waals surface area contributed by atoms with Gasteiger partial charge in [-0.2, -0.15) is 0 Å². The molecule has 2 aromatic carbocycles. The lowest BCUT2D eigenvalue weighted by Crippen LogP contribution is -2.39. The third-order valence-electron chi connectivity index (χ3n) is 4.73. The van der Waals surface area contributed by atoms with E-state index in [1.165, 1.54) is 0 Å². The van der Waals surface area contributed by atoms with Crippen molar-refractivity contribution in [3.05, 3.63) is 53.6 Å². The number of carbonyl (C=O) groups excluding carboxylic acids is 3. The van der Waals surface area contributed by atoms with Crippen LogP contribution >= 0.6 is 0 Å². The molecular formula is C26H35N3O6. The third kappa shape index (κ3) is 9.95. The SMILES string of the molecule is CCOc1ccc(CCC(=O)Nc2ccccc2CNC(=O)CNC(=O)OC(C)(C)C)cc1OC. The van der Waals surface area contributed by atoms with E-state index in [4.69, 9.17) is 14.2 Å². The Morgan fingerprint density at radius 2 is 1.69 bits per heavy atom. The Hall–Kier alpha value is -3.75. The van der Waals surface area contributed by atoms with Gasteiger partial charge < -0.3 is 30.2 Å². The highest BCUT2D eigenvalue weighted by Gasteiger charge is 2.17. The lowest BCUT2D eigenvalue weighted by Gasteiger charge is -2.19. The van der Waals surface area contributed by atoms with Crippen molar-refractivity contribution in [3.8, 4) is 11.5 Å². The summed E-state index contributed by atoms with van der Waals surface area (Å²) in [6, 6.07) is 12.8. The van der Waals surface area contributed by atoms with Crippen LogP contribution in [0.1, 0.15) is 45.2 Å². The summed E-state index contributed by atoms with van der Waals surface area (Å²) in [5, 5.41) is 8.05. The fourth-order valence-corrected chi connectivity index (χ4v) is 3.13. The molecule has 0 spiro atoms. The van der Waals surface area contributed by atoms with Crippen LogP contribution in [-0.4, -0.2) is 43.8 Å². The van der Waals surface area contributed by atoms with E-state index < -0.39 is 11.7 Å². The summed E-state index contributed by atoms with van der Waals surface area (Å²) in [6.45, 7) is 7.66. The molecular weight excluding hydrogens is 450 g/mol. The van der Waals surface area contributed by atoms with Crippen molar-refractivity contribution in [1.29, 1.82) is 0 Å². The number of nitrogens with one attached hydrogen (secondary N) is 3. The summed E-state index contributed by atoms with van der Waals surface area (Å²) in [6.07, 6.45) is 0.145. The van der Waals surface area contributed by atoms with Gasteiger partial charge in [-0.1, -0.05) is 24.3 Å². The predicted octanol–water partition coefficient (Wildman–Crippen LogP) is 3.81. The van der Waals surface area contributed by atoms with Crippen LogP contribution in [0.5, 0.6) is 11.5 Å². The van der Waals surface area contributed by atoms with E-state index in [-0.39, 0.29) is 31.3 Å². The number of rotatable bonds is 11. The van der Waals surface area contributed by atoms with Gasteiger partial charge in [-0.25, -0.2) is 4.79 Å². The fraction of sp³-hybridized carbons (Fsp3) is 0.423. The van der Waals surface area contributed by atoms with Gasteiger partial charge in [-0.3, -0.25) is 9.59 Å². The molecule has 3 amide bonds. The zero-order valence-electron chi connectivity index (χ0n) is 21.0. The maximum absolute atomic E-state index is 12.6. The number of amides is 3. The molecule has 35 heavy (non-hydrogen) atoms. The maximum atomic E-state index is 12.6. The van der Waals surface area contributed by atoms with E-state index in [0.29, 0.717) is 30.2 Å². The zero-order valence-corrected chi connectivity index (χ0v) is 21.0. The average molecular weight is 486 g/mol. The van der Waals surface area contributed by atoms with Crippen LogP contribution < -0.4 is 25.4 Å². The van der Waals surface area contributed by atoms with E-state index in [9.17, 15) is 14.4 Å². The van der Waals surface area contributed by atoms with Crippen LogP contribution in [0.3, 0.4) is 0 Å². The molecule has 2 rings (SSSR count). The van der Waals surface area contributed by atoms with E-state index in [1.54, 1.807) is 33.9 Å². The van der Waals surface area contributed by atoms with Gasteiger partial charge in [0, 0.05) is 18.7 Å². The first-order valence-electron chi connectivity index (χ1n) is 11.5. The molecule has 2 aromatic rings. The molecule has 0 aliphatic rings. The number of aryl methyl sites for hydroxylation is 1. The van der Waals surface area contributed by atoms with Crippen molar-refractivity contribution in [2.24, 2.45) is 0 Å². The first kappa shape index (κ1) is 27.5. The number of ether oxygens (including phenoxy) is 3. The second-order valence-corrected chi connectivity index (χ2v) is 8.76. The van der Waals surface area contributed by atoms with E-state index in [2.05, 4.69) is 16.0 Å². The number of hydrogen-bond donors (Lipinski definition) is 3. The molecule has 0 bridgehead atoms.